The van der Waals surface area contributed by atoms with Crippen LogP contribution in [-0.2, 0) is 14.9 Å². The first-order valence-electron chi connectivity index (χ1n) is 8.58. The number of carbonyl (C=O) groups excluding carboxylic acids is 1. The summed E-state index contributed by atoms with van der Waals surface area (Å²) >= 11 is 0. The van der Waals surface area contributed by atoms with Gasteiger partial charge in [0.2, 0.25) is 0 Å². The smallest absolute Gasteiger partial charge is 0.308 e. The molecule has 23 heavy (non-hydrogen) atoms. The van der Waals surface area contributed by atoms with Gasteiger partial charge in [0.25, 0.3) is 0 Å². The molecule has 0 heterocycles. The van der Waals surface area contributed by atoms with E-state index >= 15 is 0 Å². The van der Waals surface area contributed by atoms with Crippen LogP contribution >= 0.6 is 0 Å². The van der Waals surface area contributed by atoms with E-state index in [0.29, 0.717) is 12.9 Å². The van der Waals surface area contributed by atoms with Crippen molar-refractivity contribution in [3.8, 4) is 5.75 Å². The molecule has 0 atom stereocenters. The van der Waals surface area contributed by atoms with E-state index in [9.17, 15) is 4.79 Å². The fourth-order valence-electron chi connectivity index (χ4n) is 3.83. The summed E-state index contributed by atoms with van der Waals surface area (Å²) in [5, 5.41) is 0. The second-order valence-corrected chi connectivity index (χ2v) is 6.53. The van der Waals surface area contributed by atoms with Crippen molar-refractivity contribution in [2.45, 2.75) is 57.7 Å². The number of hydrogen-bond donors (Lipinski definition) is 0. The van der Waals surface area contributed by atoms with E-state index in [-0.39, 0.29) is 17.3 Å². The first-order valence-corrected chi connectivity index (χ1v) is 8.58. The molecule has 3 nitrogen and oxygen atoms in total. The van der Waals surface area contributed by atoms with E-state index in [1.807, 2.05) is 13.0 Å². The van der Waals surface area contributed by atoms with Gasteiger partial charge >= 0.3 is 5.97 Å². The maximum absolute atomic E-state index is 12.0. The zero-order chi connectivity index (χ0) is 16.9. The molecule has 4 heteroatoms. The Morgan fingerprint density at radius 3 is 2.57 bits per heavy atom. The Bertz CT molecular complexity index is 533. The van der Waals surface area contributed by atoms with Gasteiger partial charge in [-0.05, 0) is 62.1 Å². The number of rotatable bonds is 6. The molecule has 1 aliphatic rings. The van der Waals surface area contributed by atoms with Crippen molar-refractivity contribution in [3.63, 3.8) is 0 Å². The highest BCUT2D eigenvalue weighted by Crippen LogP contribution is 2.45. The fraction of sp³-hybridized carbons (Fsp3) is 0.632. The molecule has 0 aliphatic heterocycles. The van der Waals surface area contributed by atoms with Gasteiger partial charge in [0.05, 0.1) is 27.5 Å². The normalized spacial score (nSPS) is 24.2. The number of aryl methyl sites for hydroxylation is 1. The van der Waals surface area contributed by atoms with Crippen LogP contribution in [0.4, 0.5) is 0 Å². The molecular formula is C19H27BO3. The Balaban J connectivity index is 2.18. The summed E-state index contributed by atoms with van der Waals surface area (Å²) in [4.78, 5) is 12.0. The second-order valence-electron chi connectivity index (χ2n) is 6.53. The molecule has 0 N–H and O–H groups in total. The largest absolute Gasteiger partial charge is 0.496 e. The zero-order valence-corrected chi connectivity index (χ0v) is 14.6. The monoisotopic (exact) mass is 314 g/mol. The number of hydrogen-bond acceptors (Lipinski definition) is 3. The summed E-state index contributed by atoms with van der Waals surface area (Å²) in [6.45, 7) is 4.39. The molecule has 124 valence electrons. The molecule has 1 aromatic carbocycles. The summed E-state index contributed by atoms with van der Waals surface area (Å²) in [6.07, 6.45) is 5.34. The van der Waals surface area contributed by atoms with Crippen LogP contribution in [0.1, 0.15) is 50.2 Å². The van der Waals surface area contributed by atoms with Crippen LogP contribution in [0.3, 0.4) is 0 Å². The fourth-order valence-corrected chi connectivity index (χ4v) is 3.83. The quantitative estimate of drug-likeness (QED) is 0.589. The van der Waals surface area contributed by atoms with E-state index in [4.69, 9.17) is 17.3 Å². The number of methoxy groups -OCH3 is 1. The third-order valence-corrected chi connectivity index (χ3v) is 5.19. The standard InChI is InChI=1S/C19H27BO3/c1-4-23-18(21)15-7-9-19(10-8-15,11-12-20)16-5-6-17(22-3)14(2)13-16/h5-6,13,15H,4,7-12H2,1-3H3. The highest BCUT2D eigenvalue weighted by Gasteiger charge is 2.38. The average molecular weight is 314 g/mol. The van der Waals surface area contributed by atoms with Gasteiger partial charge in [-0.2, -0.15) is 0 Å². The van der Waals surface area contributed by atoms with Gasteiger partial charge in [0.15, 0.2) is 0 Å². The number of esters is 1. The van der Waals surface area contributed by atoms with E-state index in [1.54, 1.807) is 7.11 Å². The van der Waals surface area contributed by atoms with Gasteiger partial charge in [-0.15, -0.1) is 0 Å². The van der Waals surface area contributed by atoms with E-state index in [0.717, 1.165) is 43.4 Å². The van der Waals surface area contributed by atoms with Gasteiger partial charge in [-0.3, -0.25) is 4.79 Å². The Hall–Kier alpha value is -1.45. The number of ether oxygens (including phenoxy) is 2. The summed E-state index contributed by atoms with van der Waals surface area (Å²) in [5.74, 6) is 0.914. The molecule has 1 fully saturated rings. The van der Waals surface area contributed by atoms with Gasteiger partial charge in [0, 0.05) is 0 Å². The Kier molecular flexibility index (Phi) is 6.14. The summed E-state index contributed by atoms with van der Waals surface area (Å²) in [7, 11) is 7.60. The van der Waals surface area contributed by atoms with Crippen LogP contribution in [0, 0.1) is 12.8 Å². The van der Waals surface area contributed by atoms with Crippen molar-refractivity contribution in [1.29, 1.82) is 0 Å². The van der Waals surface area contributed by atoms with Crippen LogP contribution in [-0.4, -0.2) is 27.5 Å². The summed E-state index contributed by atoms with van der Waals surface area (Å²) in [6, 6.07) is 6.42. The third-order valence-electron chi connectivity index (χ3n) is 5.19. The first kappa shape index (κ1) is 17.9. The molecule has 0 amide bonds. The van der Waals surface area contributed by atoms with Crippen molar-refractivity contribution < 1.29 is 14.3 Å². The molecular weight excluding hydrogens is 287 g/mol. The van der Waals surface area contributed by atoms with Crippen molar-refractivity contribution in [2.75, 3.05) is 13.7 Å². The van der Waals surface area contributed by atoms with Gasteiger partial charge in [-0.25, -0.2) is 0 Å². The summed E-state index contributed by atoms with van der Waals surface area (Å²) in [5.41, 5.74) is 2.55. The average Bonchev–Trinajstić information content (AvgIpc) is 2.56. The Morgan fingerprint density at radius 1 is 1.35 bits per heavy atom. The van der Waals surface area contributed by atoms with E-state index < -0.39 is 0 Å². The van der Waals surface area contributed by atoms with Crippen molar-refractivity contribution in [2.24, 2.45) is 5.92 Å². The maximum Gasteiger partial charge on any atom is 0.308 e. The molecule has 0 aromatic heterocycles. The van der Waals surface area contributed by atoms with Crippen LogP contribution in [0.5, 0.6) is 5.75 Å². The molecule has 2 radical (unpaired) electrons. The minimum atomic E-state index is -0.0419. The first-order chi connectivity index (χ1) is 11.1. The minimum Gasteiger partial charge on any atom is -0.496 e. The lowest BCUT2D eigenvalue weighted by atomic mass is 9.63. The minimum absolute atomic E-state index is 0.0418. The molecule has 2 rings (SSSR count). The molecule has 1 saturated carbocycles. The molecule has 0 saturated heterocycles. The Labute approximate surface area is 141 Å². The Morgan fingerprint density at radius 2 is 2.04 bits per heavy atom. The van der Waals surface area contributed by atoms with Crippen molar-refractivity contribution in [1.82, 2.24) is 0 Å². The van der Waals surface area contributed by atoms with Crippen LogP contribution < -0.4 is 4.74 Å². The van der Waals surface area contributed by atoms with Gasteiger partial charge < -0.3 is 9.47 Å². The molecule has 1 aliphatic carbocycles. The molecule has 0 bridgehead atoms. The number of benzene rings is 1. The van der Waals surface area contributed by atoms with Crippen molar-refractivity contribution >= 4 is 13.8 Å². The zero-order valence-electron chi connectivity index (χ0n) is 14.6. The van der Waals surface area contributed by atoms with Crippen LogP contribution in [0.15, 0.2) is 18.2 Å². The molecule has 0 spiro atoms. The molecule has 0 unspecified atom stereocenters. The highest BCUT2D eigenvalue weighted by atomic mass is 16.5. The SMILES string of the molecule is [B]CCC1(c2ccc(OC)c(C)c2)CCC(C(=O)OCC)CC1. The molecule has 1 aromatic rings. The second kappa shape index (κ2) is 7.89. The lowest BCUT2D eigenvalue weighted by Crippen LogP contribution is -2.34. The lowest BCUT2D eigenvalue weighted by Gasteiger charge is -2.40. The number of carbonyl (C=O) groups is 1. The van der Waals surface area contributed by atoms with Crippen LogP contribution in [0.25, 0.3) is 0 Å². The predicted octanol–water partition coefficient (Wildman–Crippen LogP) is 3.97. The lowest BCUT2D eigenvalue weighted by molar-refractivity contribution is -0.149. The maximum atomic E-state index is 12.0. The van der Waals surface area contributed by atoms with Gasteiger partial charge in [0.1, 0.15) is 5.75 Å². The van der Waals surface area contributed by atoms with Crippen LogP contribution in [0.2, 0.25) is 6.32 Å². The predicted molar refractivity (Wildman–Crippen MR) is 93.2 cm³/mol. The highest BCUT2D eigenvalue weighted by molar-refractivity contribution is 6.08. The topological polar surface area (TPSA) is 35.5 Å². The third kappa shape index (κ3) is 3.91. The summed E-state index contributed by atoms with van der Waals surface area (Å²) < 4.78 is 10.6. The van der Waals surface area contributed by atoms with Gasteiger partial charge in [-0.1, -0.05) is 24.9 Å². The van der Waals surface area contributed by atoms with Crippen molar-refractivity contribution in [3.05, 3.63) is 29.3 Å². The van der Waals surface area contributed by atoms with E-state index in [1.165, 1.54) is 5.56 Å². The van der Waals surface area contributed by atoms with E-state index in [2.05, 4.69) is 19.1 Å².